The van der Waals surface area contributed by atoms with Gasteiger partial charge in [-0.1, -0.05) is 0 Å². The van der Waals surface area contributed by atoms with Gasteiger partial charge in [0.25, 0.3) is 11.8 Å². The van der Waals surface area contributed by atoms with Crippen molar-refractivity contribution in [3.63, 3.8) is 0 Å². The second-order valence-corrected chi connectivity index (χ2v) is 7.57. The molecule has 0 saturated carbocycles. The van der Waals surface area contributed by atoms with Crippen molar-refractivity contribution in [3.8, 4) is 0 Å². The molecule has 32 heavy (non-hydrogen) atoms. The van der Waals surface area contributed by atoms with Crippen molar-refractivity contribution in [2.75, 3.05) is 50.1 Å². The van der Waals surface area contributed by atoms with Gasteiger partial charge in [0.15, 0.2) is 0 Å². The summed E-state index contributed by atoms with van der Waals surface area (Å²) in [5, 5.41) is 9.29. The summed E-state index contributed by atoms with van der Waals surface area (Å²) in [6, 6.07) is 4.41. The first-order valence-electron chi connectivity index (χ1n) is 9.89. The molecule has 12 heteroatoms. The average Bonchev–Trinajstić information content (AvgIpc) is 3.23. The molecule has 3 rings (SSSR count). The number of carbonyl (C=O) groups is 4. The second-order valence-electron chi connectivity index (χ2n) is 6.66. The SMILES string of the molecule is CCOC(=O)NC(=O)c1ccsc1NC(=O)c1ccnc(NC(=O)CN2CCOCC2)c1. The number of carbonyl (C=O) groups excluding carboxylic acids is 4. The van der Waals surface area contributed by atoms with Gasteiger partial charge < -0.3 is 20.1 Å². The van der Waals surface area contributed by atoms with Crippen LogP contribution in [0.2, 0.25) is 0 Å². The van der Waals surface area contributed by atoms with E-state index in [9.17, 15) is 19.2 Å². The Morgan fingerprint density at radius 3 is 2.69 bits per heavy atom. The minimum atomic E-state index is -0.868. The fourth-order valence-corrected chi connectivity index (χ4v) is 3.65. The van der Waals surface area contributed by atoms with Crippen LogP contribution in [0.15, 0.2) is 29.8 Å². The van der Waals surface area contributed by atoms with Gasteiger partial charge in [-0.05, 0) is 30.5 Å². The van der Waals surface area contributed by atoms with E-state index in [4.69, 9.17) is 4.74 Å². The minimum Gasteiger partial charge on any atom is -0.450 e. The van der Waals surface area contributed by atoms with Gasteiger partial charge >= 0.3 is 6.09 Å². The smallest absolute Gasteiger partial charge is 0.414 e. The first-order valence-corrected chi connectivity index (χ1v) is 10.8. The van der Waals surface area contributed by atoms with Crippen LogP contribution in [0.5, 0.6) is 0 Å². The molecule has 3 N–H and O–H groups in total. The topological polar surface area (TPSA) is 139 Å². The van der Waals surface area contributed by atoms with Crippen LogP contribution in [0.25, 0.3) is 0 Å². The molecule has 0 unspecified atom stereocenters. The van der Waals surface area contributed by atoms with Crippen LogP contribution in [-0.2, 0) is 14.3 Å². The van der Waals surface area contributed by atoms with Crippen molar-refractivity contribution < 1.29 is 28.7 Å². The Kier molecular flexibility index (Phi) is 8.25. The molecular weight excluding hydrogens is 438 g/mol. The second kappa shape index (κ2) is 11.3. The molecule has 11 nitrogen and oxygen atoms in total. The number of ether oxygens (including phenoxy) is 2. The molecule has 0 bridgehead atoms. The predicted molar refractivity (Wildman–Crippen MR) is 117 cm³/mol. The van der Waals surface area contributed by atoms with Crippen LogP contribution in [0.3, 0.4) is 0 Å². The van der Waals surface area contributed by atoms with E-state index in [0.717, 1.165) is 11.3 Å². The third-order valence-corrected chi connectivity index (χ3v) is 5.22. The fraction of sp³-hybridized carbons (Fsp3) is 0.350. The molecule has 170 valence electrons. The highest BCUT2D eigenvalue weighted by atomic mass is 32.1. The van der Waals surface area contributed by atoms with E-state index in [2.05, 4.69) is 25.7 Å². The number of imide groups is 1. The number of hydrogen-bond donors (Lipinski definition) is 3. The predicted octanol–water partition coefficient (Wildman–Crippen LogP) is 1.55. The molecule has 0 aliphatic carbocycles. The summed E-state index contributed by atoms with van der Waals surface area (Å²) in [5.74, 6) is -1.19. The Morgan fingerprint density at radius 2 is 1.94 bits per heavy atom. The number of hydrogen-bond acceptors (Lipinski definition) is 9. The first-order chi connectivity index (χ1) is 15.5. The molecule has 0 atom stereocenters. The molecule has 1 aliphatic rings. The van der Waals surface area contributed by atoms with Gasteiger partial charge in [-0.15, -0.1) is 11.3 Å². The molecule has 4 amide bonds. The molecule has 0 radical (unpaired) electrons. The molecule has 1 fully saturated rings. The van der Waals surface area contributed by atoms with Gasteiger partial charge in [-0.2, -0.15) is 0 Å². The molecule has 2 aromatic rings. The first kappa shape index (κ1) is 23.3. The van der Waals surface area contributed by atoms with Gasteiger partial charge in [0.2, 0.25) is 5.91 Å². The van der Waals surface area contributed by atoms with Crippen LogP contribution in [0.4, 0.5) is 15.6 Å². The van der Waals surface area contributed by atoms with E-state index in [-0.39, 0.29) is 41.0 Å². The lowest BCUT2D eigenvalue weighted by molar-refractivity contribution is -0.118. The molecule has 1 aliphatic heterocycles. The minimum absolute atomic E-state index is 0.125. The number of anilines is 2. The number of pyridine rings is 1. The summed E-state index contributed by atoms with van der Waals surface area (Å²) in [6.45, 7) is 4.48. The summed E-state index contributed by atoms with van der Waals surface area (Å²) in [5.41, 5.74) is 0.372. The van der Waals surface area contributed by atoms with Crippen LogP contribution in [0, 0.1) is 0 Å². The molecular formula is C20H23N5O6S. The van der Waals surface area contributed by atoms with Gasteiger partial charge in [0.05, 0.1) is 31.9 Å². The van der Waals surface area contributed by atoms with Crippen LogP contribution < -0.4 is 16.0 Å². The monoisotopic (exact) mass is 461 g/mol. The summed E-state index contributed by atoms with van der Waals surface area (Å²) in [4.78, 5) is 54.7. The number of alkyl carbamates (subject to hydrolysis) is 1. The third kappa shape index (κ3) is 6.57. The fourth-order valence-electron chi connectivity index (χ4n) is 2.87. The lowest BCUT2D eigenvalue weighted by atomic mass is 10.2. The van der Waals surface area contributed by atoms with Crippen molar-refractivity contribution >= 4 is 46.0 Å². The van der Waals surface area contributed by atoms with Gasteiger partial charge in [-0.3, -0.25) is 24.6 Å². The van der Waals surface area contributed by atoms with E-state index in [1.807, 2.05) is 4.90 Å². The number of amides is 4. The molecule has 3 heterocycles. The highest BCUT2D eigenvalue weighted by molar-refractivity contribution is 7.14. The maximum Gasteiger partial charge on any atom is 0.414 e. The Morgan fingerprint density at radius 1 is 1.16 bits per heavy atom. The van der Waals surface area contributed by atoms with Crippen LogP contribution >= 0.6 is 11.3 Å². The zero-order valence-corrected chi connectivity index (χ0v) is 18.2. The zero-order valence-electron chi connectivity index (χ0n) is 17.4. The lowest BCUT2D eigenvalue weighted by Gasteiger charge is -2.25. The van der Waals surface area contributed by atoms with Crippen molar-refractivity contribution in [1.29, 1.82) is 0 Å². The number of rotatable bonds is 7. The highest BCUT2D eigenvalue weighted by Crippen LogP contribution is 2.24. The Balaban J connectivity index is 1.60. The van der Waals surface area contributed by atoms with Crippen molar-refractivity contribution in [1.82, 2.24) is 15.2 Å². The molecule has 0 spiro atoms. The van der Waals surface area contributed by atoms with Gasteiger partial charge in [-0.25, -0.2) is 9.78 Å². The van der Waals surface area contributed by atoms with E-state index in [1.165, 1.54) is 24.4 Å². The number of thiophene rings is 1. The van der Waals surface area contributed by atoms with E-state index in [0.29, 0.717) is 26.3 Å². The quantitative estimate of drug-likeness (QED) is 0.565. The van der Waals surface area contributed by atoms with E-state index < -0.39 is 17.9 Å². The van der Waals surface area contributed by atoms with E-state index in [1.54, 1.807) is 12.3 Å². The van der Waals surface area contributed by atoms with Crippen molar-refractivity contribution in [2.24, 2.45) is 0 Å². The Hall–Kier alpha value is -3.35. The number of aromatic nitrogens is 1. The largest absolute Gasteiger partial charge is 0.450 e. The van der Waals surface area contributed by atoms with Crippen molar-refractivity contribution in [3.05, 3.63) is 40.9 Å². The maximum atomic E-state index is 12.7. The van der Waals surface area contributed by atoms with Gasteiger partial charge in [0, 0.05) is 24.8 Å². The third-order valence-electron chi connectivity index (χ3n) is 4.39. The lowest BCUT2D eigenvalue weighted by Crippen LogP contribution is -2.41. The number of nitrogens with zero attached hydrogens (tertiary/aromatic N) is 2. The van der Waals surface area contributed by atoms with Crippen molar-refractivity contribution in [2.45, 2.75) is 6.92 Å². The van der Waals surface area contributed by atoms with E-state index >= 15 is 0 Å². The standard InChI is InChI=1S/C20H23N5O6S/c1-2-31-20(29)24-18(28)14-4-10-32-19(14)23-17(27)13-3-5-21-15(11-13)22-16(26)12-25-6-8-30-9-7-25/h3-5,10-11H,2,6-9,12H2,1H3,(H,23,27)(H,21,22,26)(H,24,28,29). The summed E-state index contributed by atoms with van der Waals surface area (Å²) in [7, 11) is 0. The van der Waals surface area contributed by atoms with Crippen LogP contribution in [-0.4, -0.2) is 73.2 Å². The molecule has 2 aromatic heterocycles. The molecule has 0 aromatic carbocycles. The molecule has 1 saturated heterocycles. The van der Waals surface area contributed by atoms with Crippen LogP contribution in [0.1, 0.15) is 27.6 Å². The summed E-state index contributed by atoms with van der Waals surface area (Å²) < 4.78 is 9.95. The summed E-state index contributed by atoms with van der Waals surface area (Å²) in [6.07, 6.45) is 0.537. The Labute approximate surface area is 188 Å². The zero-order chi connectivity index (χ0) is 22.9. The highest BCUT2D eigenvalue weighted by Gasteiger charge is 2.19. The number of nitrogens with one attached hydrogen (secondary N) is 3. The average molecular weight is 462 g/mol. The number of morpholine rings is 1. The summed E-state index contributed by atoms with van der Waals surface area (Å²) >= 11 is 1.13. The van der Waals surface area contributed by atoms with Gasteiger partial charge in [0.1, 0.15) is 10.8 Å². The maximum absolute atomic E-state index is 12.7. The normalized spacial score (nSPS) is 13.8. The Bertz CT molecular complexity index is 988.